The van der Waals surface area contributed by atoms with Gasteiger partial charge in [-0.15, -0.1) is 0 Å². The molecule has 0 aromatic heterocycles. The summed E-state index contributed by atoms with van der Waals surface area (Å²) >= 11 is 0. The monoisotopic (exact) mass is 5610 g/mol. The Kier molecular flexibility index (Phi) is 0. The van der Waals surface area contributed by atoms with Gasteiger partial charge < -0.3 is 0 Å². The van der Waals surface area contributed by atoms with Crippen molar-refractivity contribution in [3.8, 4) is 0 Å². The zero-order valence-electron chi connectivity index (χ0n) is 14.8. The van der Waals surface area contributed by atoms with Gasteiger partial charge in [-0.3, -0.25) is 0 Å². The molecule has 0 bridgehead atoms. The van der Waals surface area contributed by atoms with Gasteiger partial charge in [-0.1, -0.05) is 0 Å². The Bertz CT molecular complexity index is 0. The van der Waals surface area contributed by atoms with E-state index in [4.69, 9.17) is 0 Å². The molecule has 0 aliphatic rings. The Morgan fingerprint density at radius 1 is 0.0476 bits per heavy atom. The first-order valence-corrected chi connectivity index (χ1v) is 0. The molecule has 0 atom stereocenters. The molecule has 0 rings (SSSR count). The van der Waals surface area contributed by atoms with E-state index in [9.17, 15) is 0 Å². The zero-order chi connectivity index (χ0) is 0. The summed E-state index contributed by atoms with van der Waals surface area (Å²) in [6, 6.07) is 0. The average Bonchev–Trinajstić information content (AvgIpc) is 0. The van der Waals surface area contributed by atoms with Gasteiger partial charge in [-0.05, 0) is 0 Å². The molecule has 21 heavy (non-hydrogen) atoms. The third-order valence-electron chi connectivity index (χ3n) is 0. The molecule has 0 unspecified atom stereocenters. The molecule has 21 heteroatoms. The van der Waals surface area contributed by atoms with Crippen LogP contribution in [0.2, 0.25) is 0 Å². The van der Waals surface area contributed by atoms with Gasteiger partial charge in [0, 0.05) is 0 Å². The van der Waals surface area contributed by atoms with Gasteiger partial charge in [0.05, 0.1) is 0 Å². The van der Waals surface area contributed by atoms with Gasteiger partial charge in [0.25, 0.3) is 0 Å². The van der Waals surface area contributed by atoms with E-state index in [-0.39, 0.29) is 0 Å². The van der Waals surface area contributed by atoms with Gasteiger partial charge in [0.15, 0.2) is 0 Å². The second-order valence-electron chi connectivity index (χ2n) is 0. The molecule has 0 radical (unpaired) electrons. The first kappa shape index (κ1) is 0. The van der Waals surface area contributed by atoms with Crippen molar-refractivity contribution >= 4 is 0 Å². The van der Waals surface area contributed by atoms with Crippen LogP contribution in [0.1, 0.15) is 0 Å². The molecule has 42 valence electrons. The average molecular weight is 5610 g/mol. The van der Waals surface area contributed by atoms with Crippen molar-refractivity contribution in [3.05, 3.63) is 0 Å². The molecular weight excluding hydrogens is 5610 g/mol. The molecule has 0 saturated carbocycles. The van der Waals surface area contributed by atoms with Crippen LogP contribution >= 0.6 is 0 Å². The molecule has 0 heterocycles. The summed E-state index contributed by atoms with van der Waals surface area (Å²) in [6.45, 7) is 0. The number of hydrogen-bond donors (Lipinski definition) is 0. The quantitative estimate of drug-likeness (QED) is 0.321. The molecule has 0 nitrogen and oxygen atoms in total. The summed E-state index contributed by atoms with van der Waals surface area (Å²) in [6.07, 6.45) is 0. The van der Waals surface area contributed by atoms with E-state index in [0.717, 1.165) is 0 Å². The van der Waals surface area contributed by atoms with Crippen LogP contribution in [0.25, 0.3) is 0 Å². The van der Waals surface area contributed by atoms with E-state index >= 15 is 0 Å². The third-order valence-corrected chi connectivity index (χ3v) is 0. The van der Waals surface area contributed by atoms with E-state index in [1.807, 2.05) is 0 Å². The summed E-state index contributed by atoms with van der Waals surface area (Å²) in [7, 11) is 0. The van der Waals surface area contributed by atoms with Crippen molar-refractivity contribution in [2.45, 2.75) is 0 Å². The van der Waals surface area contributed by atoms with Crippen LogP contribution in [0.5, 0.6) is 0 Å². The summed E-state index contributed by atoms with van der Waals surface area (Å²) in [5, 5.41) is 0. The van der Waals surface area contributed by atoms with E-state index < -0.39 is 0 Å². The Balaban J connectivity index is 0. The first-order valence-electron chi connectivity index (χ1n) is 0. The van der Waals surface area contributed by atoms with Gasteiger partial charge in [0.2, 0.25) is 0 Å². The first-order chi connectivity index (χ1) is 0. The Hall–Kier alpha value is -21.0. The normalized spacial score (nSPS) is 0. The predicted molar refractivity (Wildman–Crippen MR) is 0 cm³/mol. The van der Waals surface area contributed by atoms with Crippen LogP contribution in [-0.2, 0) is 0 Å². The second kappa shape index (κ2) is -0.00907. The van der Waals surface area contributed by atoms with E-state index in [1.54, 1.807) is 0 Å². The minimum absolute atomic E-state index is 0. The zero-order valence-corrected chi connectivity index (χ0v) is 149. The fourth-order valence-corrected chi connectivity index (χ4v) is 0. The third kappa shape index (κ3) is -0.0204. The Morgan fingerprint density at radius 3 is 0.0476 bits per heavy atom. The molecule has 0 aromatic carbocycles. The molecule has 0 aliphatic carbocycles. The summed E-state index contributed by atoms with van der Waals surface area (Å²) in [5.41, 5.74) is 0. The number of hydrogen-bond acceptors (Lipinski definition) is 0. The smallest absolute Gasteiger partial charge is 0 e. The van der Waals surface area contributed by atoms with Gasteiger partial charge >= 0.3 is 0 Å². The van der Waals surface area contributed by atoms with Gasteiger partial charge in [0.1, 0.15) is 0 Å². The van der Waals surface area contributed by atoms with Crippen molar-refractivity contribution in [1.29, 1.82) is 0 Å². The maximum atomic E-state index is 0. The van der Waals surface area contributed by atoms with Gasteiger partial charge in [-0.25, -0.2) is 0 Å². The predicted octanol–water partition coefficient (Wildman–Crippen LogP) is 0. The minimum atomic E-state index is 0. The maximum Gasteiger partial charge on any atom is 0 e. The largest absolute Gasteiger partial charge is 0 e. The summed E-state index contributed by atoms with van der Waals surface area (Å²) in [5.74, 6) is 0. The van der Waals surface area contributed by atoms with Gasteiger partial charge in [-0.2, -0.15) is 0 Å². The van der Waals surface area contributed by atoms with Crippen molar-refractivity contribution < 1.29 is 0 Å². The van der Waals surface area contributed by atoms with Crippen LogP contribution in [0.15, 0.2) is 0 Å². The maximum absolute atomic E-state index is 0. The molecule has 0 spiro atoms. The number of rotatable bonds is 0. The topological polar surface area (TPSA) is 0 Å². The van der Waals surface area contributed by atoms with Crippen molar-refractivity contribution in [2.75, 3.05) is 0 Å². The van der Waals surface area contributed by atoms with Crippen LogP contribution in [-0.4, -0.2) is 0 Å². The molecule has 0 aliphatic heterocycles. The molecule has 0 saturated heterocycles. The van der Waals surface area contributed by atoms with Crippen molar-refractivity contribution in [1.82, 2.24) is 0 Å². The van der Waals surface area contributed by atoms with Crippen LogP contribution < -0.4 is 0 Å². The van der Waals surface area contributed by atoms with E-state index in [2.05, 4.69) is 0 Å². The van der Waals surface area contributed by atoms with Crippen LogP contribution in [0.3, 0.4) is 0 Å². The second-order valence-corrected chi connectivity index (χ2v) is 0. The van der Waals surface area contributed by atoms with E-state index in [1.165, 1.54) is 0 Å². The Labute approximate surface area is 0 Å². The molecule has 0 amide bonds. The SMILES string of the molecule is [Rf].[Rf].[Rf].[Rf].[Rf].[Rf].[Rf].[Rf].[Rf].[Rf].[Rf].[Rf].[Rf].[Rf].[Rf].[Rf].[Rf].[Rf].[Rf].[Rf].[Rf]. The van der Waals surface area contributed by atoms with Crippen LogP contribution in [0, 0.1) is 0 Å². The molecule has 0 aromatic rings. The molecule has 0 N–H and O–H groups in total. The molecule has 0 fully saturated rings. The Morgan fingerprint density at radius 2 is 0.0476 bits per heavy atom. The standard InChI is InChI=1S/21Rf. The fourth-order valence-electron chi connectivity index (χ4n) is 0. The van der Waals surface area contributed by atoms with Crippen molar-refractivity contribution in [3.63, 3.8) is 0 Å². The van der Waals surface area contributed by atoms with Crippen molar-refractivity contribution in [2.24, 2.45) is 0 Å². The van der Waals surface area contributed by atoms with Crippen LogP contribution in [0.4, 0.5) is 0 Å². The summed E-state index contributed by atoms with van der Waals surface area (Å²) in [4.78, 5) is 0. The summed E-state index contributed by atoms with van der Waals surface area (Å²) < 4.78 is 0. The minimum Gasteiger partial charge on any atom is 0 e. The van der Waals surface area contributed by atoms with E-state index in [0.29, 0.717) is 0 Å². The fraction of sp³-hybridized carbons (Fsp3) is 0. The molecular formula is Rf21.